The van der Waals surface area contributed by atoms with Gasteiger partial charge in [-0.2, -0.15) is 4.98 Å². The Kier molecular flexibility index (Phi) is 6.62. The van der Waals surface area contributed by atoms with Gasteiger partial charge < -0.3 is 14.4 Å². The van der Waals surface area contributed by atoms with Crippen LogP contribution in [0.4, 0.5) is 4.79 Å². The standard InChI is InChI=1S/C18H21ClN4O3/c19-17-20-7-6-16(21-17)25-13-12-22-8-10-23(11-9-22)18(24)26-14-15-4-2-1-3-5-15/h1-7H,8-14H2. The maximum atomic E-state index is 12.1. The molecule has 2 aromatic rings. The van der Waals surface area contributed by atoms with E-state index in [0.717, 1.165) is 25.2 Å². The zero-order valence-electron chi connectivity index (χ0n) is 14.4. The molecule has 1 saturated heterocycles. The van der Waals surface area contributed by atoms with Crippen molar-refractivity contribution in [2.45, 2.75) is 6.61 Å². The highest BCUT2D eigenvalue weighted by molar-refractivity contribution is 6.28. The molecule has 0 saturated carbocycles. The van der Waals surface area contributed by atoms with Crippen molar-refractivity contribution in [3.05, 3.63) is 53.4 Å². The van der Waals surface area contributed by atoms with Gasteiger partial charge in [0.1, 0.15) is 13.2 Å². The van der Waals surface area contributed by atoms with Crippen LogP contribution in [0, 0.1) is 0 Å². The fraction of sp³-hybridized carbons (Fsp3) is 0.389. The first kappa shape index (κ1) is 18.4. The molecule has 1 aliphatic heterocycles. The van der Waals surface area contributed by atoms with E-state index in [-0.39, 0.29) is 11.4 Å². The second kappa shape index (κ2) is 9.35. The molecule has 1 aromatic carbocycles. The predicted octanol–water partition coefficient (Wildman–Crippen LogP) is 2.46. The minimum atomic E-state index is -0.264. The lowest BCUT2D eigenvalue weighted by atomic mass is 10.2. The van der Waals surface area contributed by atoms with E-state index in [1.54, 1.807) is 17.2 Å². The van der Waals surface area contributed by atoms with E-state index in [0.29, 0.717) is 32.2 Å². The van der Waals surface area contributed by atoms with Gasteiger partial charge in [0.15, 0.2) is 0 Å². The molecule has 26 heavy (non-hydrogen) atoms. The van der Waals surface area contributed by atoms with Crippen LogP contribution < -0.4 is 4.74 Å². The number of carbonyl (C=O) groups excluding carboxylic acids is 1. The minimum absolute atomic E-state index is 0.171. The highest BCUT2D eigenvalue weighted by atomic mass is 35.5. The second-order valence-corrected chi connectivity index (χ2v) is 6.22. The number of amides is 1. The van der Waals surface area contributed by atoms with Crippen LogP contribution >= 0.6 is 11.6 Å². The van der Waals surface area contributed by atoms with Crippen molar-refractivity contribution < 1.29 is 14.3 Å². The van der Waals surface area contributed by atoms with Crippen LogP contribution in [0.2, 0.25) is 5.28 Å². The largest absolute Gasteiger partial charge is 0.476 e. The van der Waals surface area contributed by atoms with E-state index in [9.17, 15) is 4.79 Å². The molecular formula is C18H21ClN4O3. The molecule has 0 bridgehead atoms. The summed E-state index contributed by atoms with van der Waals surface area (Å²) >= 11 is 5.72. The monoisotopic (exact) mass is 376 g/mol. The topological polar surface area (TPSA) is 67.8 Å². The van der Waals surface area contributed by atoms with Crippen molar-refractivity contribution in [3.8, 4) is 5.88 Å². The Labute approximate surface area is 157 Å². The SMILES string of the molecule is O=C(OCc1ccccc1)N1CCN(CCOc2ccnc(Cl)n2)CC1. The number of piperazine rings is 1. The quantitative estimate of drug-likeness (QED) is 0.721. The summed E-state index contributed by atoms with van der Waals surface area (Å²) in [7, 11) is 0. The molecule has 1 aromatic heterocycles. The molecule has 0 N–H and O–H groups in total. The minimum Gasteiger partial charge on any atom is -0.476 e. The number of rotatable bonds is 6. The summed E-state index contributed by atoms with van der Waals surface area (Å²) in [6.45, 7) is 4.43. The lowest BCUT2D eigenvalue weighted by Gasteiger charge is -2.33. The number of ether oxygens (including phenoxy) is 2. The summed E-state index contributed by atoms with van der Waals surface area (Å²) < 4.78 is 10.9. The van der Waals surface area contributed by atoms with Crippen LogP contribution in [-0.2, 0) is 11.3 Å². The van der Waals surface area contributed by atoms with E-state index < -0.39 is 0 Å². The molecular weight excluding hydrogens is 356 g/mol. The summed E-state index contributed by atoms with van der Waals surface area (Å²) in [6, 6.07) is 11.4. The molecule has 7 nitrogen and oxygen atoms in total. The maximum Gasteiger partial charge on any atom is 0.410 e. The number of halogens is 1. The van der Waals surface area contributed by atoms with Crippen LogP contribution in [0.25, 0.3) is 0 Å². The summed E-state index contributed by atoms with van der Waals surface area (Å²) in [4.78, 5) is 23.9. The Morgan fingerprint density at radius 2 is 1.88 bits per heavy atom. The Morgan fingerprint density at radius 1 is 1.12 bits per heavy atom. The van der Waals surface area contributed by atoms with Crippen LogP contribution in [0.1, 0.15) is 5.56 Å². The number of aromatic nitrogens is 2. The summed E-state index contributed by atoms with van der Waals surface area (Å²) in [5.41, 5.74) is 0.987. The first-order valence-corrected chi connectivity index (χ1v) is 8.88. The van der Waals surface area contributed by atoms with Gasteiger partial charge in [0.25, 0.3) is 0 Å². The third kappa shape index (κ3) is 5.57. The molecule has 0 atom stereocenters. The van der Waals surface area contributed by atoms with Crippen LogP contribution in [0.5, 0.6) is 5.88 Å². The van der Waals surface area contributed by atoms with Crippen molar-refractivity contribution in [1.29, 1.82) is 0 Å². The molecule has 1 aliphatic rings. The maximum absolute atomic E-state index is 12.1. The van der Waals surface area contributed by atoms with E-state index in [1.807, 2.05) is 30.3 Å². The fourth-order valence-electron chi connectivity index (χ4n) is 2.64. The van der Waals surface area contributed by atoms with Gasteiger partial charge in [-0.3, -0.25) is 4.90 Å². The molecule has 0 radical (unpaired) electrons. The van der Waals surface area contributed by atoms with Crippen molar-refractivity contribution in [2.75, 3.05) is 39.3 Å². The Hall–Kier alpha value is -2.38. The Balaban J connectivity index is 1.34. The van der Waals surface area contributed by atoms with Crippen LogP contribution in [-0.4, -0.2) is 65.2 Å². The average Bonchev–Trinajstić information content (AvgIpc) is 2.67. The van der Waals surface area contributed by atoms with Crippen LogP contribution in [0.3, 0.4) is 0 Å². The first-order chi connectivity index (χ1) is 12.7. The highest BCUT2D eigenvalue weighted by Crippen LogP contribution is 2.09. The molecule has 0 unspecified atom stereocenters. The zero-order chi connectivity index (χ0) is 18.2. The van der Waals surface area contributed by atoms with E-state index in [4.69, 9.17) is 21.1 Å². The molecule has 0 spiro atoms. The summed E-state index contributed by atoms with van der Waals surface area (Å²) in [5, 5.41) is 0.171. The van der Waals surface area contributed by atoms with Gasteiger partial charge in [-0.15, -0.1) is 0 Å². The normalized spacial score (nSPS) is 14.9. The third-order valence-electron chi connectivity index (χ3n) is 4.09. The fourth-order valence-corrected chi connectivity index (χ4v) is 2.78. The number of carbonyl (C=O) groups is 1. The van der Waals surface area contributed by atoms with Gasteiger partial charge in [0.05, 0.1) is 0 Å². The van der Waals surface area contributed by atoms with Crippen molar-refractivity contribution in [2.24, 2.45) is 0 Å². The molecule has 1 fully saturated rings. The number of benzene rings is 1. The van der Waals surface area contributed by atoms with Crippen LogP contribution in [0.15, 0.2) is 42.6 Å². The van der Waals surface area contributed by atoms with Crippen molar-refractivity contribution in [3.63, 3.8) is 0 Å². The molecule has 1 amide bonds. The summed E-state index contributed by atoms with van der Waals surface area (Å²) in [5.74, 6) is 0.466. The zero-order valence-corrected chi connectivity index (χ0v) is 15.1. The average molecular weight is 377 g/mol. The third-order valence-corrected chi connectivity index (χ3v) is 4.28. The van der Waals surface area contributed by atoms with Gasteiger partial charge in [0.2, 0.25) is 11.2 Å². The van der Waals surface area contributed by atoms with E-state index in [2.05, 4.69) is 14.9 Å². The van der Waals surface area contributed by atoms with E-state index in [1.165, 1.54) is 0 Å². The molecule has 3 rings (SSSR count). The first-order valence-electron chi connectivity index (χ1n) is 8.50. The molecule has 2 heterocycles. The molecule has 8 heteroatoms. The lowest BCUT2D eigenvalue weighted by molar-refractivity contribution is 0.0682. The molecule has 138 valence electrons. The lowest BCUT2D eigenvalue weighted by Crippen LogP contribution is -2.49. The van der Waals surface area contributed by atoms with Gasteiger partial charge >= 0.3 is 6.09 Å². The summed E-state index contributed by atoms with van der Waals surface area (Å²) in [6.07, 6.45) is 1.30. The van der Waals surface area contributed by atoms with Crippen molar-refractivity contribution in [1.82, 2.24) is 19.8 Å². The number of nitrogens with zero attached hydrogens (tertiary/aromatic N) is 4. The highest BCUT2D eigenvalue weighted by Gasteiger charge is 2.22. The number of hydrogen-bond acceptors (Lipinski definition) is 6. The Bertz CT molecular complexity index is 709. The second-order valence-electron chi connectivity index (χ2n) is 5.88. The smallest absolute Gasteiger partial charge is 0.410 e. The van der Waals surface area contributed by atoms with E-state index >= 15 is 0 Å². The van der Waals surface area contributed by atoms with Gasteiger partial charge in [0, 0.05) is 45.0 Å². The predicted molar refractivity (Wildman–Crippen MR) is 97.2 cm³/mol. The Morgan fingerprint density at radius 3 is 2.62 bits per heavy atom. The number of hydrogen-bond donors (Lipinski definition) is 0. The van der Waals surface area contributed by atoms with Crippen molar-refractivity contribution >= 4 is 17.7 Å². The molecule has 0 aliphatic carbocycles. The van der Waals surface area contributed by atoms with Gasteiger partial charge in [-0.25, -0.2) is 9.78 Å². The van der Waals surface area contributed by atoms with Gasteiger partial charge in [-0.05, 0) is 17.2 Å². The van der Waals surface area contributed by atoms with Gasteiger partial charge in [-0.1, -0.05) is 30.3 Å².